The van der Waals surface area contributed by atoms with Crippen LogP contribution in [0.5, 0.6) is 0 Å². The quantitative estimate of drug-likeness (QED) is 0.769. The van der Waals surface area contributed by atoms with E-state index in [1.807, 2.05) is 6.07 Å². The van der Waals surface area contributed by atoms with Crippen LogP contribution in [0.1, 0.15) is 6.92 Å². The minimum atomic E-state index is -3.61. The third-order valence-electron chi connectivity index (χ3n) is 2.57. The van der Waals surface area contributed by atoms with Crippen LogP contribution < -0.4 is 5.32 Å². The van der Waals surface area contributed by atoms with Gasteiger partial charge in [-0.2, -0.15) is 5.26 Å². The molecule has 0 saturated heterocycles. The number of sulfone groups is 1. The summed E-state index contributed by atoms with van der Waals surface area (Å²) in [5, 5.41) is 11.1. The van der Waals surface area contributed by atoms with Crippen molar-refractivity contribution in [2.75, 3.05) is 5.32 Å². The first-order valence-electron chi connectivity index (χ1n) is 4.67. The smallest absolute Gasteiger partial charge is 0.198 e. The Kier molecular flexibility index (Phi) is 2.56. The molecular formula is C10H9ClN2O2S. The van der Waals surface area contributed by atoms with Crippen molar-refractivity contribution in [3.05, 3.63) is 23.2 Å². The number of para-hydroxylation sites is 1. The molecule has 1 N–H and O–H groups in total. The lowest BCUT2D eigenvalue weighted by Crippen LogP contribution is -2.40. The summed E-state index contributed by atoms with van der Waals surface area (Å²) in [6.45, 7) is 1.65. The number of nitrogens with zero attached hydrogens (tertiary/aromatic N) is 1. The maximum absolute atomic E-state index is 12.1. The summed E-state index contributed by atoms with van der Waals surface area (Å²) in [6, 6.07) is 5.97. The van der Waals surface area contributed by atoms with E-state index in [0.717, 1.165) is 0 Å². The predicted octanol–water partition coefficient (Wildman–Crippen LogP) is 1.82. The van der Waals surface area contributed by atoms with Gasteiger partial charge in [0, 0.05) is 0 Å². The molecule has 1 aromatic carbocycles. The average molecular weight is 257 g/mol. The fourth-order valence-electron chi connectivity index (χ4n) is 1.77. The first kappa shape index (κ1) is 11.2. The van der Waals surface area contributed by atoms with Crippen LogP contribution >= 0.6 is 11.6 Å². The number of hydrogen-bond acceptors (Lipinski definition) is 4. The summed E-state index contributed by atoms with van der Waals surface area (Å²) in [6.07, 6.45) is 0. The highest BCUT2D eigenvalue weighted by atomic mass is 35.5. The van der Waals surface area contributed by atoms with Gasteiger partial charge in [0.1, 0.15) is 0 Å². The van der Waals surface area contributed by atoms with E-state index in [1.54, 1.807) is 19.1 Å². The fraction of sp³-hybridized carbons (Fsp3) is 0.300. The van der Waals surface area contributed by atoms with Crippen molar-refractivity contribution >= 4 is 27.1 Å². The normalized spacial score (nSPS) is 26.3. The second-order valence-electron chi connectivity index (χ2n) is 3.64. The molecule has 1 heterocycles. The molecule has 0 fully saturated rings. The average Bonchev–Trinajstić information content (AvgIpc) is 2.20. The van der Waals surface area contributed by atoms with Gasteiger partial charge >= 0.3 is 0 Å². The summed E-state index contributed by atoms with van der Waals surface area (Å²) < 4.78 is 24.2. The standard InChI is InChI=1S/C10H9ClN2O2S/c1-6-9(5-12)16(14,15)8-4-2-3-7(11)10(8)13-6/h2-4,6,9,13H,1H3. The number of benzene rings is 1. The largest absolute Gasteiger partial charge is 0.378 e. The van der Waals surface area contributed by atoms with Crippen molar-refractivity contribution in [1.82, 2.24) is 0 Å². The topological polar surface area (TPSA) is 70.0 Å². The summed E-state index contributed by atoms with van der Waals surface area (Å²) in [5.74, 6) is 0. The molecule has 4 nitrogen and oxygen atoms in total. The van der Waals surface area contributed by atoms with Gasteiger partial charge in [0.05, 0.1) is 27.7 Å². The van der Waals surface area contributed by atoms with Gasteiger partial charge in [0.25, 0.3) is 0 Å². The van der Waals surface area contributed by atoms with Crippen LogP contribution in [0, 0.1) is 11.3 Å². The Morgan fingerprint density at radius 1 is 1.50 bits per heavy atom. The van der Waals surface area contributed by atoms with Gasteiger partial charge in [0.2, 0.25) is 0 Å². The lowest BCUT2D eigenvalue weighted by atomic mass is 10.2. The van der Waals surface area contributed by atoms with Crippen molar-refractivity contribution in [2.24, 2.45) is 0 Å². The van der Waals surface area contributed by atoms with Crippen LogP contribution in [0.25, 0.3) is 0 Å². The molecule has 84 valence electrons. The minimum Gasteiger partial charge on any atom is -0.378 e. The summed E-state index contributed by atoms with van der Waals surface area (Å²) in [4.78, 5) is 0.102. The maximum atomic E-state index is 12.1. The monoisotopic (exact) mass is 256 g/mol. The number of halogens is 1. The van der Waals surface area contributed by atoms with E-state index in [9.17, 15) is 8.42 Å². The third kappa shape index (κ3) is 1.46. The molecule has 0 saturated carbocycles. The van der Waals surface area contributed by atoms with Crippen LogP contribution in [0.2, 0.25) is 5.02 Å². The SMILES string of the molecule is CC1Nc2c(Cl)cccc2S(=O)(=O)C1C#N. The van der Waals surface area contributed by atoms with Gasteiger partial charge in [-0.15, -0.1) is 0 Å². The number of nitriles is 1. The van der Waals surface area contributed by atoms with Crippen LogP contribution in [-0.2, 0) is 9.84 Å². The highest BCUT2D eigenvalue weighted by molar-refractivity contribution is 7.92. The summed E-state index contributed by atoms with van der Waals surface area (Å²) >= 11 is 5.92. The Bertz CT molecular complexity index is 577. The Hall–Kier alpha value is -1.25. The molecule has 2 atom stereocenters. The van der Waals surface area contributed by atoms with Crippen LogP contribution in [0.3, 0.4) is 0 Å². The molecule has 0 aromatic heterocycles. The summed E-state index contributed by atoms with van der Waals surface area (Å²) in [7, 11) is -3.61. The predicted molar refractivity (Wildman–Crippen MR) is 61.1 cm³/mol. The van der Waals surface area contributed by atoms with E-state index in [0.29, 0.717) is 10.7 Å². The molecule has 0 aliphatic carbocycles. The number of anilines is 1. The van der Waals surface area contributed by atoms with Gasteiger partial charge in [-0.1, -0.05) is 17.7 Å². The number of hydrogen-bond donors (Lipinski definition) is 1. The van der Waals surface area contributed by atoms with Gasteiger partial charge in [-0.25, -0.2) is 8.42 Å². The van der Waals surface area contributed by atoms with E-state index >= 15 is 0 Å². The van der Waals surface area contributed by atoms with Crippen LogP contribution in [-0.4, -0.2) is 19.7 Å². The molecule has 0 radical (unpaired) electrons. The molecule has 0 bridgehead atoms. The van der Waals surface area contributed by atoms with E-state index in [2.05, 4.69) is 5.32 Å². The Morgan fingerprint density at radius 3 is 2.81 bits per heavy atom. The highest BCUT2D eigenvalue weighted by Crippen LogP contribution is 2.37. The number of rotatable bonds is 0. The van der Waals surface area contributed by atoms with Crippen LogP contribution in [0.4, 0.5) is 5.69 Å². The molecule has 2 rings (SSSR count). The number of fused-ring (bicyclic) bond motifs is 1. The lowest BCUT2D eigenvalue weighted by Gasteiger charge is -2.28. The Morgan fingerprint density at radius 2 is 2.19 bits per heavy atom. The van der Waals surface area contributed by atoms with Crippen molar-refractivity contribution in [3.8, 4) is 6.07 Å². The minimum absolute atomic E-state index is 0.102. The lowest BCUT2D eigenvalue weighted by molar-refractivity contribution is 0.578. The Labute approximate surface area is 98.8 Å². The molecule has 0 amide bonds. The van der Waals surface area contributed by atoms with Crippen molar-refractivity contribution in [1.29, 1.82) is 5.26 Å². The summed E-state index contributed by atoms with van der Waals surface area (Å²) in [5.41, 5.74) is 0.392. The zero-order valence-corrected chi connectivity index (χ0v) is 10.0. The Balaban J connectivity index is 2.73. The van der Waals surface area contributed by atoms with E-state index in [4.69, 9.17) is 16.9 Å². The molecule has 1 aromatic rings. The van der Waals surface area contributed by atoms with E-state index in [-0.39, 0.29) is 4.90 Å². The molecule has 2 unspecified atom stereocenters. The second-order valence-corrected chi connectivity index (χ2v) is 6.09. The fourth-order valence-corrected chi connectivity index (χ4v) is 3.80. The van der Waals surface area contributed by atoms with Gasteiger partial charge < -0.3 is 5.32 Å². The zero-order chi connectivity index (χ0) is 11.9. The molecule has 0 spiro atoms. The molecule has 1 aliphatic rings. The molecule has 6 heteroatoms. The van der Waals surface area contributed by atoms with Gasteiger partial charge in [0.15, 0.2) is 15.1 Å². The van der Waals surface area contributed by atoms with E-state index < -0.39 is 21.1 Å². The maximum Gasteiger partial charge on any atom is 0.198 e. The number of nitrogens with one attached hydrogen (secondary N) is 1. The zero-order valence-electron chi connectivity index (χ0n) is 8.44. The highest BCUT2D eigenvalue weighted by Gasteiger charge is 2.39. The molecule has 16 heavy (non-hydrogen) atoms. The molecule has 1 aliphatic heterocycles. The van der Waals surface area contributed by atoms with Crippen molar-refractivity contribution < 1.29 is 8.42 Å². The van der Waals surface area contributed by atoms with Gasteiger partial charge in [-0.3, -0.25) is 0 Å². The van der Waals surface area contributed by atoms with Gasteiger partial charge in [-0.05, 0) is 19.1 Å². The van der Waals surface area contributed by atoms with E-state index in [1.165, 1.54) is 6.07 Å². The van der Waals surface area contributed by atoms with Crippen molar-refractivity contribution in [3.63, 3.8) is 0 Å². The first-order valence-corrected chi connectivity index (χ1v) is 6.59. The third-order valence-corrected chi connectivity index (χ3v) is 5.02. The van der Waals surface area contributed by atoms with Crippen LogP contribution in [0.15, 0.2) is 23.1 Å². The first-order chi connectivity index (χ1) is 7.48. The molecular weight excluding hydrogens is 248 g/mol. The second kappa shape index (κ2) is 3.65. The van der Waals surface area contributed by atoms with Crippen molar-refractivity contribution in [2.45, 2.75) is 23.1 Å².